The molecule has 124 valence electrons. The quantitative estimate of drug-likeness (QED) is 0.439. The number of carbonyl (C=O) groups is 2. The van der Waals surface area contributed by atoms with E-state index >= 15 is 0 Å². The molecular formula is C15H18IN3O4. The van der Waals surface area contributed by atoms with E-state index in [1.807, 2.05) is 22.6 Å². The summed E-state index contributed by atoms with van der Waals surface area (Å²) in [6.45, 7) is 1.19. The van der Waals surface area contributed by atoms with Crippen molar-refractivity contribution in [3.05, 3.63) is 37.4 Å². The van der Waals surface area contributed by atoms with Crippen molar-refractivity contribution in [2.24, 2.45) is 11.7 Å². The minimum absolute atomic E-state index is 0.0870. The predicted octanol–water partition coefficient (Wildman–Crippen LogP) is 2.32. The van der Waals surface area contributed by atoms with E-state index < -0.39 is 4.92 Å². The number of primary amides is 1. The van der Waals surface area contributed by atoms with E-state index in [1.54, 1.807) is 11.0 Å². The smallest absolute Gasteiger partial charge is 0.270 e. The first kappa shape index (κ1) is 17.6. The molecule has 23 heavy (non-hydrogen) atoms. The Hall–Kier alpha value is -1.71. The molecule has 7 nitrogen and oxygen atoms in total. The molecule has 1 aliphatic rings. The van der Waals surface area contributed by atoms with Gasteiger partial charge in [-0.15, -0.1) is 0 Å². The second-order valence-corrected chi connectivity index (χ2v) is 6.85. The Balaban J connectivity index is 2.11. The van der Waals surface area contributed by atoms with Crippen LogP contribution in [0.3, 0.4) is 0 Å². The number of non-ortho nitro benzene ring substituents is 1. The standard InChI is InChI=1S/C15H18IN3O4/c16-13-5-4-11(19(22)23)8-12(13)15(21)18-7-1-2-10(9-18)3-6-14(17)20/h4-5,8,10H,1-3,6-7,9H2,(H2,17,20). The van der Waals surface area contributed by atoms with Crippen molar-refractivity contribution in [3.63, 3.8) is 0 Å². The number of nitro groups is 1. The Morgan fingerprint density at radius 3 is 2.83 bits per heavy atom. The molecule has 0 aliphatic carbocycles. The largest absolute Gasteiger partial charge is 0.370 e. The van der Waals surface area contributed by atoms with Gasteiger partial charge in [-0.1, -0.05) is 0 Å². The van der Waals surface area contributed by atoms with Crippen molar-refractivity contribution >= 4 is 40.1 Å². The van der Waals surface area contributed by atoms with Gasteiger partial charge >= 0.3 is 0 Å². The molecule has 1 saturated heterocycles. The summed E-state index contributed by atoms with van der Waals surface area (Å²) >= 11 is 2.01. The molecule has 0 saturated carbocycles. The third-order valence-electron chi connectivity index (χ3n) is 4.00. The SMILES string of the molecule is NC(=O)CCC1CCCN(C(=O)c2cc([N+](=O)[O-])ccc2I)C1. The van der Waals surface area contributed by atoms with Gasteiger partial charge < -0.3 is 10.6 Å². The van der Waals surface area contributed by atoms with Crippen molar-refractivity contribution in [1.29, 1.82) is 0 Å². The number of amides is 2. The van der Waals surface area contributed by atoms with Crippen LogP contribution in [0.1, 0.15) is 36.0 Å². The van der Waals surface area contributed by atoms with Gasteiger partial charge in [0.05, 0.1) is 10.5 Å². The van der Waals surface area contributed by atoms with Crippen LogP contribution in [-0.2, 0) is 4.79 Å². The molecule has 1 aliphatic heterocycles. The average molecular weight is 431 g/mol. The van der Waals surface area contributed by atoms with Crippen LogP contribution in [0, 0.1) is 19.6 Å². The number of nitro benzene ring substituents is 1. The first-order valence-electron chi connectivity index (χ1n) is 7.40. The van der Waals surface area contributed by atoms with E-state index in [1.165, 1.54) is 12.1 Å². The Kier molecular flexibility index (Phi) is 5.91. The summed E-state index contributed by atoms with van der Waals surface area (Å²) in [6.07, 6.45) is 2.82. The number of piperidine rings is 1. The topological polar surface area (TPSA) is 107 Å². The number of nitrogens with two attached hydrogens (primary N) is 1. The third-order valence-corrected chi connectivity index (χ3v) is 4.94. The second kappa shape index (κ2) is 7.71. The zero-order valence-corrected chi connectivity index (χ0v) is 14.7. The zero-order valence-electron chi connectivity index (χ0n) is 12.5. The van der Waals surface area contributed by atoms with Crippen LogP contribution >= 0.6 is 22.6 Å². The Morgan fingerprint density at radius 1 is 1.43 bits per heavy atom. The molecule has 8 heteroatoms. The minimum Gasteiger partial charge on any atom is -0.370 e. The summed E-state index contributed by atoms with van der Waals surface area (Å²) in [5, 5.41) is 10.9. The minimum atomic E-state index is -0.501. The van der Waals surface area contributed by atoms with Crippen molar-refractivity contribution in [2.75, 3.05) is 13.1 Å². The second-order valence-electron chi connectivity index (χ2n) is 5.69. The molecule has 0 aromatic heterocycles. The van der Waals surface area contributed by atoms with Gasteiger partial charge in [-0.05, 0) is 53.8 Å². The fraction of sp³-hybridized carbons (Fsp3) is 0.467. The zero-order chi connectivity index (χ0) is 17.0. The molecule has 2 amide bonds. The maximum atomic E-state index is 12.7. The van der Waals surface area contributed by atoms with Crippen LogP contribution in [0.2, 0.25) is 0 Å². The number of nitrogens with zero attached hydrogens (tertiary/aromatic N) is 2. The van der Waals surface area contributed by atoms with Crippen LogP contribution in [0.5, 0.6) is 0 Å². The first-order chi connectivity index (χ1) is 10.9. The van der Waals surface area contributed by atoms with E-state index in [2.05, 4.69) is 0 Å². The highest BCUT2D eigenvalue weighted by atomic mass is 127. The number of hydrogen-bond donors (Lipinski definition) is 1. The molecule has 1 fully saturated rings. The van der Waals surface area contributed by atoms with Crippen molar-refractivity contribution in [2.45, 2.75) is 25.7 Å². The van der Waals surface area contributed by atoms with Crippen molar-refractivity contribution < 1.29 is 14.5 Å². The molecule has 1 atom stereocenters. The van der Waals surface area contributed by atoms with E-state index in [9.17, 15) is 19.7 Å². The number of hydrogen-bond acceptors (Lipinski definition) is 4. The fourth-order valence-electron chi connectivity index (χ4n) is 2.79. The monoisotopic (exact) mass is 431 g/mol. The van der Waals surface area contributed by atoms with Gasteiger partial charge in [0.2, 0.25) is 5.91 Å². The molecule has 0 radical (unpaired) electrons. The van der Waals surface area contributed by atoms with Gasteiger partial charge in [-0.3, -0.25) is 19.7 Å². The number of likely N-dealkylation sites (tertiary alicyclic amines) is 1. The van der Waals surface area contributed by atoms with E-state index in [0.29, 0.717) is 35.1 Å². The van der Waals surface area contributed by atoms with Crippen LogP contribution < -0.4 is 5.73 Å². The van der Waals surface area contributed by atoms with Crippen molar-refractivity contribution in [3.8, 4) is 0 Å². The van der Waals surface area contributed by atoms with Crippen LogP contribution in [0.4, 0.5) is 5.69 Å². The van der Waals surface area contributed by atoms with E-state index in [-0.39, 0.29) is 23.4 Å². The third kappa shape index (κ3) is 4.63. The molecule has 1 unspecified atom stereocenters. The molecule has 0 spiro atoms. The maximum Gasteiger partial charge on any atom is 0.270 e. The number of benzene rings is 1. The summed E-state index contributed by atoms with van der Waals surface area (Å²) in [4.78, 5) is 35.7. The van der Waals surface area contributed by atoms with Gasteiger partial charge in [0.1, 0.15) is 0 Å². The van der Waals surface area contributed by atoms with Gasteiger partial charge in [-0.2, -0.15) is 0 Å². The van der Waals surface area contributed by atoms with Crippen molar-refractivity contribution in [1.82, 2.24) is 4.90 Å². The lowest BCUT2D eigenvalue weighted by molar-refractivity contribution is -0.384. The summed E-state index contributed by atoms with van der Waals surface area (Å²) in [6, 6.07) is 4.31. The summed E-state index contributed by atoms with van der Waals surface area (Å²) < 4.78 is 0.692. The van der Waals surface area contributed by atoms with Crippen LogP contribution in [0.25, 0.3) is 0 Å². The average Bonchev–Trinajstić information content (AvgIpc) is 2.52. The maximum absolute atomic E-state index is 12.7. The lowest BCUT2D eigenvalue weighted by Crippen LogP contribution is -2.40. The fourth-order valence-corrected chi connectivity index (χ4v) is 3.36. The summed E-state index contributed by atoms with van der Waals surface area (Å²) in [7, 11) is 0. The number of carbonyl (C=O) groups excluding carboxylic acids is 2. The number of halogens is 1. The molecule has 2 rings (SSSR count). The van der Waals surface area contributed by atoms with Gasteiger partial charge in [0.25, 0.3) is 11.6 Å². The highest BCUT2D eigenvalue weighted by Crippen LogP contribution is 2.25. The molecule has 1 aromatic rings. The molecular weight excluding hydrogens is 413 g/mol. The molecule has 1 aromatic carbocycles. The van der Waals surface area contributed by atoms with E-state index in [0.717, 1.165) is 12.8 Å². The molecule has 0 bridgehead atoms. The Labute approximate surface area is 147 Å². The summed E-state index contributed by atoms with van der Waals surface area (Å²) in [5.41, 5.74) is 5.45. The lowest BCUT2D eigenvalue weighted by Gasteiger charge is -2.33. The highest BCUT2D eigenvalue weighted by molar-refractivity contribution is 14.1. The predicted molar refractivity (Wildman–Crippen MR) is 92.9 cm³/mol. The van der Waals surface area contributed by atoms with Gasteiger partial charge in [0.15, 0.2) is 0 Å². The van der Waals surface area contributed by atoms with Crippen LogP contribution in [-0.4, -0.2) is 34.7 Å². The van der Waals surface area contributed by atoms with Gasteiger partial charge in [0, 0.05) is 35.2 Å². The van der Waals surface area contributed by atoms with E-state index in [4.69, 9.17) is 5.73 Å². The Bertz CT molecular complexity index is 635. The van der Waals surface area contributed by atoms with Crippen LogP contribution in [0.15, 0.2) is 18.2 Å². The molecule has 2 N–H and O–H groups in total. The number of rotatable bonds is 5. The Morgan fingerprint density at radius 2 is 2.17 bits per heavy atom. The lowest BCUT2D eigenvalue weighted by atomic mass is 9.93. The molecule has 1 heterocycles. The first-order valence-corrected chi connectivity index (χ1v) is 8.48. The normalized spacial score (nSPS) is 17.8. The summed E-state index contributed by atoms with van der Waals surface area (Å²) in [5.74, 6) is -0.278. The highest BCUT2D eigenvalue weighted by Gasteiger charge is 2.26. The van der Waals surface area contributed by atoms with Gasteiger partial charge in [-0.25, -0.2) is 0 Å².